The van der Waals surface area contributed by atoms with E-state index in [1.54, 1.807) is 6.07 Å². The fourth-order valence-corrected chi connectivity index (χ4v) is 2.48. The Bertz CT molecular complexity index is 484. The summed E-state index contributed by atoms with van der Waals surface area (Å²) in [5, 5.41) is 5.92. The van der Waals surface area contributed by atoms with Crippen molar-refractivity contribution in [2.24, 2.45) is 0 Å². The normalized spacial score (nSPS) is 10.3. The van der Waals surface area contributed by atoms with E-state index in [0.717, 1.165) is 9.47 Å². The molecule has 78 valence electrons. The minimum absolute atomic E-state index is 0.303. The van der Waals surface area contributed by atoms with Crippen LogP contribution >= 0.6 is 27.3 Å². The number of nitrogens with one attached hydrogen (secondary N) is 1. The molecule has 1 heterocycles. The van der Waals surface area contributed by atoms with Crippen LogP contribution in [0.25, 0.3) is 0 Å². The first-order valence-corrected chi connectivity index (χ1v) is 5.88. The molecule has 0 aliphatic heterocycles. The van der Waals surface area contributed by atoms with Crippen LogP contribution < -0.4 is 11.1 Å². The van der Waals surface area contributed by atoms with E-state index in [1.165, 1.54) is 23.5 Å². The zero-order valence-electron chi connectivity index (χ0n) is 7.63. The van der Waals surface area contributed by atoms with Gasteiger partial charge in [0.1, 0.15) is 5.82 Å². The number of hydrogen-bond acceptors (Lipinski definition) is 3. The van der Waals surface area contributed by atoms with Gasteiger partial charge in [-0.05, 0) is 40.2 Å². The molecule has 2 nitrogen and oxygen atoms in total. The maximum Gasteiger partial charge on any atom is 0.125 e. The van der Waals surface area contributed by atoms with Crippen LogP contribution in [-0.4, -0.2) is 0 Å². The molecule has 0 spiro atoms. The van der Waals surface area contributed by atoms with Gasteiger partial charge in [0.15, 0.2) is 0 Å². The van der Waals surface area contributed by atoms with E-state index in [4.69, 9.17) is 5.73 Å². The Hall–Kier alpha value is -1.07. The summed E-state index contributed by atoms with van der Waals surface area (Å²) in [6.45, 7) is 0. The second-order valence-corrected chi connectivity index (χ2v) is 4.81. The van der Waals surface area contributed by atoms with E-state index in [9.17, 15) is 4.39 Å². The van der Waals surface area contributed by atoms with Gasteiger partial charge < -0.3 is 11.1 Å². The van der Waals surface area contributed by atoms with Crippen LogP contribution in [0.1, 0.15) is 0 Å². The first-order valence-electron chi connectivity index (χ1n) is 4.21. The number of rotatable bonds is 2. The van der Waals surface area contributed by atoms with Gasteiger partial charge in [-0.1, -0.05) is 0 Å². The van der Waals surface area contributed by atoms with E-state index in [-0.39, 0.29) is 5.82 Å². The largest absolute Gasteiger partial charge is 0.397 e. The van der Waals surface area contributed by atoms with Crippen molar-refractivity contribution in [1.29, 1.82) is 0 Å². The summed E-state index contributed by atoms with van der Waals surface area (Å²) in [5.74, 6) is -0.303. The smallest absolute Gasteiger partial charge is 0.125 e. The van der Waals surface area contributed by atoms with E-state index < -0.39 is 0 Å². The van der Waals surface area contributed by atoms with Crippen molar-refractivity contribution in [3.8, 4) is 0 Å². The summed E-state index contributed by atoms with van der Waals surface area (Å²) >= 11 is 4.87. The third-order valence-corrected chi connectivity index (χ3v) is 3.45. The van der Waals surface area contributed by atoms with Crippen molar-refractivity contribution in [3.05, 3.63) is 39.9 Å². The van der Waals surface area contributed by atoms with E-state index in [1.807, 2.05) is 11.4 Å². The number of hydrogen-bond donors (Lipinski definition) is 2. The molecule has 0 unspecified atom stereocenters. The quantitative estimate of drug-likeness (QED) is 0.820. The van der Waals surface area contributed by atoms with Crippen LogP contribution in [-0.2, 0) is 0 Å². The van der Waals surface area contributed by atoms with Gasteiger partial charge in [0.05, 0.1) is 16.4 Å². The van der Waals surface area contributed by atoms with Crippen molar-refractivity contribution >= 4 is 43.6 Å². The lowest BCUT2D eigenvalue weighted by atomic mass is 10.2. The molecule has 0 radical (unpaired) electrons. The highest BCUT2D eigenvalue weighted by Gasteiger charge is 2.03. The van der Waals surface area contributed by atoms with E-state index in [0.29, 0.717) is 11.4 Å². The number of halogens is 2. The molecule has 0 saturated heterocycles. The van der Waals surface area contributed by atoms with Crippen molar-refractivity contribution in [1.82, 2.24) is 0 Å². The first-order chi connectivity index (χ1) is 7.15. The Balaban J connectivity index is 2.27. The predicted molar refractivity (Wildman–Crippen MR) is 66.1 cm³/mol. The van der Waals surface area contributed by atoms with Crippen LogP contribution in [0, 0.1) is 5.82 Å². The lowest BCUT2D eigenvalue weighted by Gasteiger charge is -2.06. The van der Waals surface area contributed by atoms with E-state index in [2.05, 4.69) is 21.2 Å². The standard InChI is InChI=1S/C10H8BrFN2S/c11-6-3-10(15-5-6)14-9-4-7(12)1-2-8(9)13/h1-5,14H,13H2. The summed E-state index contributed by atoms with van der Waals surface area (Å²) < 4.78 is 13.9. The summed E-state index contributed by atoms with van der Waals surface area (Å²) in [7, 11) is 0. The van der Waals surface area contributed by atoms with Gasteiger partial charge in [-0.15, -0.1) is 11.3 Å². The monoisotopic (exact) mass is 286 g/mol. The fraction of sp³-hybridized carbons (Fsp3) is 0. The summed E-state index contributed by atoms with van der Waals surface area (Å²) in [6, 6.07) is 6.17. The van der Waals surface area contributed by atoms with Gasteiger partial charge in [-0.2, -0.15) is 0 Å². The van der Waals surface area contributed by atoms with Gasteiger partial charge in [0.2, 0.25) is 0 Å². The maximum absolute atomic E-state index is 13.0. The molecule has 3 N–H and O–H groups in total. The second kappa shape index (κ2) is 4.20. The van der Waals surface area contributed by atoms with Gasteiger partial charge in [0.25, 0.3) is 0 Å². The lowest BCUT2D eigenvalue weighted by molar-refractivity contribution is 0.628. The first kappa shape index (κ1) is 10.4. The third-order valence-electron chi connectivity index (χ3n) is 1.84. The van der Waals surface area contributed by atoms with Gasteiger partial charge in [0, 0.05) is 9.85 Å². The molecule has 1 aromatic carbocycles. The highest BCUT2D eigenvalue weighted by molar-refractivity contribution is 9.10. The molecular formula is C10H8BrFN2S. The number of anilines is 3. The summed E-state index contributed by atoms with van der Waals surface area (Å²) in [4.78, 5) is 0. The summed E-state index contributed by atoms with van der Waals surface area (Å²) in [5.41, 5.74) is 6.82. The predicted octanol–water partition coefficient (Wildman–Crippen LogP) is 3.98. The third kappa shape index (κ3) is 2.49. The number of thiophene rings is 1. The molecule has 2 rings (SSSR count). The Morgan fingerprint density at radius 3 is 2.80 bits per heavy atom. The average molecular weight is 287 g/mol. The Kier molecular flexibility index (Phi) is 2.93. The molecule has 0 amide bonds. The topological polar surface area (TPSA) is 38.0 Å². The number of nitrogens with two attached hydrogens (primary N) is 1. The molecule has 5 heteroatoms. The fourth-order valence-electron chi connectivity index (χ4n) is 1.15. The number of nitrogen functional groups attached to an aromatic ring is 1. The minimum atomic E-state index is -0.303. The van der Waals surface area contributed by atoms with Gasteiger partial charge in [-0.3, -0.25) is 0 Å². The van der Waals surface area contributed by atoms with Crippen LogP contribution in [0.3, 0.4) is 0 Å². The molecule has 0 fully saturated rings. The highest BCUT2D eigenvalue weighted by Crippen LogP contribution is 2.30. The second-order valence-electron chi connectivity index (χ2n) is 2.99. The van der Waals surface area contributed by atoms with Crippen molar-refractivity contribution in [3.63, 3.8) is 0 Å². The minimum Gasteiger partial charge on any atom is -0.397 e. The molecule has 15 heavy (non-hydrogen) atoms. The Morgan fingerprint density at radius 1 is 1.33 bits per heavy atom. The van der Waals surface area contributed by atoms with Crippen molar-refractivity contribution in [2.45, 2.75) is 0 Å². The summed E-state index contributed by atoms with van der Waals surface area (Å²) in [6.07, 6.45) is 0. The molecule has 2 aromatic rings. The molecule has 1 aromatic heterocycles. The van der Waals surface area contributed by atoms with Crippen LogP contribution in [0.4, 0.5) is 20.8 Å². The molecule has 0 atom stereocenters. The molecule has 0 bridgehead atoms. The zero-order chi connectivity index (χ0) is 10.8. The average Bonchev–Trinajstić information content (AvgIpc) is 2.58. The van der Waals surface area contributed by atoms with Crippen molar-refractivity contribution < 1.29 is 4.39 Å². The maximum atomic E-state index is 13.0. The highest BCUT2D eigenvalue weighted by atomic mass is 79.9. The van der Waals surface area contributed by atoms with Crippen molar-refractivity contribution in [2.75, 3.05) is 11.1 Å². The van der Waals surface area contributed by atoms with Gasteiger partial charge in [-0.25, -0.2) is 4.39 Å². The number of benzene rings is 1. The Morgan fingerprint density at radius 2 is 2.13 bits per heavy atom. The van der Waals surface area contributed by atoms with Crippen LogP contribution in [0.5, 0.6) is 0 Å². The Labute approximate surface area is 99.1 Å². The van der Waals surface area contributed by atoms with Crippen LogP contribution in [0.15, 0.2) is 34.1 Å². The molecular weight excluding hydrogens is 279 g/mol. The molecule has 0 aliphatic rings. The van der Waals surface area contributed by atoms with Crippen LogP contribution in [0.2, 0.25) is 0 Å². The lowest BCUT2D eigenvalue weighted by Crippen LogP contribution is -1.95. The zero-order valence-corrected chi connectivity index (χ0v) is 10.0. The molecule has 0 aliphatic carbocycles. The molecule has 0 saturated carbocycles. The van der Waals surface area contributed by atoms with Gasteiger partial charge >= 0.3 is 0 Å². The van der Waals surface area contributed by atoms with E-state index >= 15 is 0 Å². The SMILES string of the molecule is Nc1ccc(F)cc1Nc1cc(Br)cs1.